The van der Waals surface area contributed by atoms with Crippen LogP contribution in [0.3, 0.4) is 0 Å². The maximum absolute atomic E-state index is 12.4. The van der Waals surface area contributed by atoms with Crippen molar-refractivity contribution in [3.8, 4) is 0 Å². The highest BCUT2D eigenvalue weighted by Gasteiger charge is 2.33. The van der Waals surface area contributed by atoms with Crippen molar-refractivity contribution in [2.45, 2.75) is 25.3 Å². The van der Waals surface area contributed by atoms with Crippen LogP contribution in [0, 0.1) is 0 Å². The van der Waals surface area contributed by atoms with E-state index in [1.165, 1.54) is 0 Å². The Labute approximate surface area is 65.4 Å². The third kappa shape index (κ3) is 2.38. The number of alkyl halides is 2. The first-order valence-electron chi connectivity index (χ1n) is 3.85. The number of nitrogens with two attached hydrogens (primary N) is 1. The van der Waals surface area contributed by atoms with Gasteiger partial charge in [-0.05, 0) is 6.42 Å². The fourth-order valence-electron chi connectivity index (χ4n) is 1.33. The summed E-state index contributed by atoms with van der Waals surface area (Å²) in [6.45, 7) is 2.06. The molecule has 4 heteroatoms. The van der Waals surface area contributed by atoms with Crippen LogP contribution in [0.25, 0.3) is 0 Å². The number of likely N-dealkylation sites (tertiary alicyclic amines) is 1. The molecule has 1 aliphatic rings. The second-order valence-electron chi connectivity index (χ2n) is 3.22. The summed E-state index contributed by atoms with van der Waals surface area (Å²) in [6, 6.07) is 0.195. The van der Waals surface area contributed by atoms with Crippen molar-refractivity contribution in [2.24, 2.45) is 5.73 Å². The van der Waals surface area contributed by atoms with Crippen molar-refractivity contribution in [1.82, 2.24) is 4.90 Å². The Bertz CT molecular complexity index is 131. The molecule has 0 aromatic rings. The Morgan fingerprint density at radius 1 is 1.64 bits per heavy atom. The zero-order chi connectivity index (χ0) is 8.48. The Balaban J connectivity index is 2.27. The lowest BCUT2D eigenvalue weighted by Crippen LogP contribution is -2.54. The molecule has 1 rings (SSSR count). The lowest BCUT2D eigenvalue weighted by molar-refractivity contribution is -0.0500. The van der Waals surface area contributed by atoms with Crippen LogP contribution in [-0.4, -0.2) is 36.5 Å². The smallest absolute Gasteiger partial charge is 0.257 e. The summed E-state index contributed by atoms with van der Waals surface area (Å²) in [7, 11) is 0. The van der Waals surface area contributed by atoms with Gasteiger partial charge >= 0.3 is 0 Å². The molecule has 1 aliphatic heterocycles. The van der Waals surface area contributed by atoms with Gasteiger partial charge in [-0.15, -0.1) is 0 Å². The average molecular weight is 164 g/mol. The number of rotatable bonds is 3. The maximum Gasteiger partial charge on any atom is 0.257 e. The molecule has 1 heterocycles. The minimum atomic E-state index is -2.58. The minimum absolute atomic E-state index is 0.144. The van der Waals surface area contributed by atoms with Gasteiger partial charge in [0.1, 0.15) is 0 Å². The molecule has 0 amide bonds. The summed E-state index contributed by atoms with van der Waals surface area (Å²) in [5.74, 6) is -2.58. The third-order valence-electron chi connectivity index (χ3n) is 2.02. The Morgan fingerprint density at radius 3 is 2.55 bits per heavy atom. The maximum atomic E-state index is 12.4. The van der Waals surface area contributed by atoms with Gasteiger partial charge in [0.05, 0.1) is 6.54 Å². The molecule has 0 spiro atoms. The van der Waals surface area contributed by atoms with Gasteiger partial charge in [-0.3, -0.25) is 4.90 Å². The van der Waals surface area contributed by atoms with Crippen LogP contribution in [0.4, 0.5) is 8.78 Å². The van der Waals surface area contributed by atoms with E-state index in [0.29, 0.717) is 6.54 Å². The predicted octanol–water partition coefficient (Wildman–Crippen LogP) is 0.675. The first-order chi connectivity index (χ1) is 5.03. The fraction of sp³-hybridized carbons (Fsp3) is 1.00. The fourth-order valence-corrected chi connectivity index (χ4v) is 1.33. The number of hydrogen-bond donors (Lipinski definition) is 1. The monoisotopic (exact) mass is 164 g/mol. The van der Waals surface area contributed by atoms with E-state index in [4.69, 9.17) is 5.73 Å². The van der Waals surface area contributed by atoms with E-state index in [9.17, 15) is 8.78 Å². The van der Waals surface area contributed by atoms with Crippen LogP contribution < -0.4 is 5.73 Å². The number of halogens is 2. The van der Waals surface area contributed by atoms with E-state index in [-0.39, 0.29) is 12.6 Å². The molecule has 2 N–H and O–H groups in total. The highest BCUT2D eigenvalue weighted by atomic mass is 19.3. The van der Waals surface area contributed by atoms with Crippen molar-refractivity contribution in [1.29, 1.82) is 0 Å². The summed E-state index contributed by atoms with van der Waals surface area (Å²) >= 11 is 0. The zero-order valence-electron chi connectivity index (χ0n) is 6.69. The second-order valence-corrected chi connectivity index (χ2v) is 3.22. The predicted molar refractivity (Wildman–Crippen MR) is 39.7 cm³/mol. The molecule has 0 bridgehead atoms. The molecule has 66 valence electrons. The van der Waals surface area contributed by atoms with E-state index < -0.39 is 5.92 Å². The van der Waals surface area contributed by atoms with Gasteiger partial charge in [0.15, 0.2) is 0 Å². The molecule has 1 fully saturated rings. The van der Waals surface area contributed by atoms with Crippen LogP contribution >= 0.6 is 0 Å². The number of hydrogen-bond acceptors (Lipinski definition) is 2. The molecule has 0 radical (unpaired) electrons. The Hall–Kier alpha value is -0.220. The molecule has 0 saturated carbocycles. The quantitative estimate of drug-likeness (QED) is 0.664. The minimum Gasteiger partial charge on any atom is -0.329 e. The molecule has 1 saturated heterocycles. The van der Waals surface area contributed by atoms with Crippen LogP contribution in [0.2, 0.25) is 0 Å². The van der Waals surface area contributed by atoms with Gasteiger partial charge < -0.3 is 5.73 Å². The third-order valence-corrected chi connectivity index (χ3v) is 2.02. The van der Waals surface area contributed by atoms with E-state index in [1.54, 1.807) is 4.90 Å². The van der Waals surface area contributed by atoms with Gasteiger partial charge in [-0.25, -0.2) is 8.78 Å². The van der Waals surface area contributed by atoms with Crippen molar-refractivity contribution in [3.05, 3.63) is 0 Å². The lowest BCUT2D eigenvalue weighted by Gasteiger charge is -2.41. The Kier molecular flexibility index (Phi) is 2.44. The van der Waals surface area contributed by atoms with Gasteiger partial charge in [-0.2, -0.15) is 0 Å². The Morgan fingerprint density at radius 2 is 2.27 bits per heavy atom. The summed E-state index contributed by atoms with van der Waals surface area (Å²) in [5, 5.41) is 0. The van der Waals surface area contributed by atoms with Gasteiger partial charge in [0, 0.05) is 26.1 Å². The van der Waals surface area contributed by atoms with E-state index in [1.807, 2.05) is 0 Å². The summed E-state index contributed by atoms with van der Waals surface area (Å²) in [6.07, 6.45) is 0.965. The van der Waals surface area contributed by atoms with Crippen LogP contribution in [0.15, 0.2) is 0 Å². The SMILES string of the molecule is CC(F)(F)CN1CCC1CN. The summed E-state index contributed by atoms with van der Waals surface area (Å²) in [4.78, 5) is 1.74. The van der Waals surface area contributed by atoms with Gasteiger partial charge in [0.25, 0.3) is 5.92 Å². The highest BCUT2D eigenvalue weighted by molar-refractivity contribution is 4.85. The van der Waals surface area contributed by atoms with Crippen LogP contribution in [0.1, 0.15) is 13.3 Å². The molecular formula is C7H14F2N2. The van der Waals surface area contributed by atoms with Crippen molar-refractivity contribution < 1.29 is 8.78 Å². The first-order valence-corrected chi connectivity index (χ1v) is 3.85. The summed E-state index contributed by atoms with van der Waals surface area (Å²) < 4.78 is 24.8. The molecule has 2 nitrogen and oxygen atoms in total. The highest BCUT2D eigenvalue weighted by Crippen LogP contribution is 2.22. The molecule has 0 aliphatic carbocycles. The average Bonchev–Trinajstić information content (AvgIpc) is 1.80. The molecule has 0 aromatic heterocycles. The first kappa shape index (κ1) is 8.87. The molecule has 11 heavy (non-hydrogen) atoms. The molecule has 1 atom stereocenters. The van der Waals surface area contributed by atoms with Crippen LogP contribution in [-0.2, 0) is 0 Å². The lowest BCUT2D eigenvalue weighted by atomic mass is 10.0. The van der Waals surface area contributed by atoms with E-state index in [2.05, 4.69) is 0 Å². The number of nitrogens with zero attached hydrogens (tertiary/aromatic N) is 1. The summed E-state index contributed by atoms with van der Waals surface area (Å²) in [5.41, 5.74) is 5.36. The standard InChI is InChI=1S/C7H14F2N2/c1-7(8,9)5-11-3-2-6(11)4-10/h6H,2-5,10H2,1H3. The zero-order valence-corrected chi connectivity index (χ0v) is 6.69. The molecular weight excluding hydrogens is 150 g/mol. The van der Waals surface area contributed by atoms with Crippen molar-refractivity contribution >= 4 is 0 Å². The topological polar surface area (TPSA) is 29.3 Å². The van der Waals surface area contributed by atoms with Crippen LogP contribution in [0.5, 0.6) is 0 Å². The van der Waals surface area contributed by atoms with Crippen molar-refractivity contribution in [3.63, 3.8) is 0 Å². The van der Waals surface area contributed by atoms with Crippen molar-refractivity contribution in [2.75, 3.05) is 19.6 Å². The van der Waals surface area contributed by atoms with Gasteiger partial charge in [-0.1, -0.05) is 0 Å². The van der Waals surface area contributed by atoms with Gasteiger partial charge in [0.2, 0.25) is 0 Å². The molecule has 1 unspecified atom stereocenters. The van der Waals surface area contributed by atoms with E-state index in [0.717, 1.165) is 19.9 Å². The van der Waals surface area contributed by atoms with E-state index >= 15 is 0 Å². The second kappa shape index (κ2) is 3.03. The normalized spacial score (nSPS) is 26.7. The molecule has 0 aromatic carbocycles. The largest absolute Gasteiger partial charge is 0.329 e.